The number of halogens is 7. The van der Waals surface area contributed by atoms with Crippen LogP contribution in [-0.4, -0.2) is 15.7 Å². The molecule has 0 aliphatic rings. The van der Waals surface area contributed by atoms with Crippen LogP contribution in [0.2, 0.25) is 5.02 Å². The molecule has 0 atom stereocenters. The van der Waals surface area contributed by atoms with Crippen LogP contribution < -0.4 is 5.32 Å². The average molecular weight is 510 g/mol. The molecule has 0 fully saturated rings. The van der Waals surface area contributed by atoms with Gasteiger partial charge in [0.05, 0.1) is 33.1 Å². The summed E-state index contributed by atoms with van der Waals surface area (Å²) in [6, 6.07) is 17.1. The summed E-state index contributed by atoms with van der Waals surface area (Å²) >= 11 is 6.25. The van der Waals surface area contributed by atoms with Crippen LogP contribution in [0.25, 0.3) is 16.9 Å². The van der Waals surface area contributed by atoms with Gasteiger partial charge >= 0.3 is 12.4 Å². The number of hydrogen-bond donors (Lipinski definition) is 1. The summed E-state index contributed by atoms with van der Waals surface area (Å²) in [6.07, 6.45) is -10.0. The Morgan fingerprint density at radius 3 is 2.11 bits per heavy atom. The van der Waals surface area contributed by atoms with Crippen molar-refractivity contribution in [1.82, 2.24) is 9.78 Å². The average Bonchev–Trinajstić information content (AvgIpc) is 3.22. The molecule has 1 heterocycles. The number of nitrogens with one attached hydrogen (secondary N) is 1. The summed E-state index contributed by atoms with van der Waals surface area (Å²) in [5.41, 5.74) is -2.80. The Hall–Kier alpha value is -3.79. The van der Waals surface area contributed by atoms with Crippen molar-refractivity contribution < 1.29 is 31.1 Å². The third kappa shape index (κ3) is 5.17. The highest BCUT2D eigenvalue weighted by Crippen LogP contribution is 2.37. The highest BCUT2D eigenvalue weighted by molar-refractivity contribution is 6.32. The molecule has 1 aromatic heterocycles. The second kappa shape index (κ2) is 9.10. The van der Waals surface area contributed by atoms with Gasteiger partial charge in [-0.05, 0) is 30.3 Å². The summed E-state index contributed by atoms with van der Waals surface area (Å²) in [6.45, 7) is 0. The Labute approximate surface area is 199 Å². The van der Waals surface area contributed by atoms with Crippen molar-refractivity contribution in [3.8, 4) is 16.9 Å². The first-order valence-electron chi connectivity index (χ1n) is 9.95. The molecule has 0 unspecified atom stereocenters. The number of anilines is 1. The molecule has 0 aliphatic heterocycles. The lowest BCUT2D eigenvalue weighted by Gasteiger charge is -2.16. The first-order chi connectivity index (χ1) is 16.4. The lowest BCUT2D eigenvalue weighted by atomic mass is 10.0. The normalized spacial score (nSPS) is 12.0. The lowest BCUT2D eigenvalue weighted by molar-refractivity contribution is -0.141. The molecule has 11 heteroatoms. The largest absolute Gasteiger partial charge is 0.417 e. The number of hydrogen-bond acceptors (Lipinski definition) is 2. The van der Waals surface area contributed by atoms with E-state index >= 15 is 0 Å². The Morgan fingerprint density at radius 1 is 0.829 bits per heavy atom. The molecule has 0 aliphatic carbocycles. The van der Waals surface area contributed by atoms with Crippen molar-refractivity contribution in [3.63, 3.8) is 0 Å². The van der Waals surface area contributed by atoms with E-state index in [-0.39, 0.29) is 29.0 Å². The summed E-state index contributed by atoms with van der Waals surface area (Å²) < 4.78 is 81.2. The highest BCUT2D eigenvalue weighted by atomic mass is 35.5. The first-order valence-corrected chi connectivity index (χ1v) is 10.3. The van der Waals surface area contributed by atoms with Crippen LogP contribution in [0, 0.1) is 0 Å². The van der Waals surface area contributed by atoms with Crippen molar-refractivity contribution in [2.75, 3.05) is 5.32 Å². The van der Waals surface area contributed by atoms with Gasteiger partial charge in [0.25, 0.3) is 5.91 Å². The second-order valence-corrected chi connectivity index (χ2v) is 7.76. The van der Waals surface area contributed by atoms with Crippen LogP contribution >= 0.6 is 11.6 Å². The minimum absolute atomic E-state index is 0.0903. The molecule has 1 N–H and O–H groups in total. The number of alkyl halides is 6. The van der Waals surface area contributed by atoms with Gasteiger partial charge in [0.15, 0.2) is 0 Å². The van der Waals surface area contributed by atoms with E-state index in [4.69, 9.17) is 11.6 Å². The molecule has 0 spiro atoms. The molecular weight excluding hydrogens is 496 g/mol. The maximum atomic E-state index is 13.5. The molecule has 0 radical (unpaired) electrons. The van der Waals surface area contributed by atoms with E-state index in [9.17, 15) is 31.1 Å². The van der Waals surface area contributed by atoms with Gasteiger partial charge in [-0.15, -0.1) is 0 Å². The topological polar surface area (TPSA) is 46.9 Å². The van der Waals surface area contributed by atoms with Crippen LogP contribution in [0.15, 0.2) is 78.9 Å². The molecule has 4 nitrogen and oxygen atoms in total. The van der Waals surface area contributed by atoms with Crippen molar-refractivity contribution in [3.05, 3.63) is 101 Å². The molecule has 4 aromatic rings. The number of carbonyl (C=O) groups is 1. The van der Waals surface area contributed by atoms with Crippen LogP contribution in [0.3, 0.4) is 0 Å². The monoisotopic (exact) mass is 509 g/mol. The molecule has 0 saturated carbocycles. The van der Waals surface area contributed by atoms with Crippen LogP contribution in [-0.2, 0) is 12.4 Å². The minimum atomic E-state index is -5.06. The third-order valence-electron chi connectivity index (χ3n) is 5.00. The van der Waals surface area contributed by atoms with E-state index in [0.717, 1.165) is 0 Å². The predicted molar refractivity (Wildman–Crippen MR) is 118 cm³/mol. The smallest absolute Gasteiger partial charge is 0.306 e. The molecule has 4 rings (SSSR count). The number of benzene rings is 3. The van der Waals surface area contributed by atoms with Gasteiger partial charge in [-0.2, -0.15) is 31.4 Å². The summed E-state index contributed by atoms with van der Waals surface area (Å²) in [5, 5.41) is 6.89. The van der Waals surface area contributed by atoms with E-state index < -0.39 is 35.0 Å². The molecule has 1 amide bonds. The van der Waals surface area contributed by atoms with E-state index in [1.807, 2.05) is 0 Å². The fourth-order valence-electron chi connectivity index (χ4n) is 3.37. The van der Waals surface area contributed by atoms with Crippen LogP contribution in [0.5, 0.6) is 0 Å². The summed E-state index contributed by atoms with van der Waals surface area (Å²) in [4.78, 5) is 12.9. The second-order valence-electron chi connectivity index (χ2n) is 7.35. The third-order valence-corrected chi connectivity index (χ3v) is 5.32. The van der Waals surface area contributed by atoms with E-state index in [0.29, 0.717) is 16.9 Å². The summed E-state index contributed by atoms with van der Waals surface area (Å²) in [7, 11) is 0. The Bertz CT molecular complexity index is 1380. The Balaban J connectivity index is 1.82. The quantitative estimate of drug-likeness (QED) is 0.290. The maximum absolute atomic E-state index is 13.5. The van der Waals surface area contributed by atoms with Gasteiger partial charge in [-0.3, -0.25) is 4.79 Å². The fraction of sp³-hybridized carbons (Fsp3) is 0.0833. The van der Waals surface area contributed by atoms with Gasteiger partial charge in [0, 0.05) is 11.6 Å². The molecule has 0 saturated heterocycles. The predicted octanol–water partition coefficient (Wildman–Crippen LogP) is 7.48. The van der Waals surface area contributed by atoms with E-state index in [2.05, 4.69) is 10.4 Å². The van der Waals surface area contributed by atoms with Gasteiger partial charge in [0.1, 0.15) is 5.82 Å². The van der Waals surface area contributed by atoms with Crippen LogP contribution in [0.1, 0.15) is 21.5 Å². The van der Waals surface area contributed by atoms with Crippen molar-refractivity contribution in [2.24, 2.45) is 0 Å². The molecule has 35 heavy (non-hydrogen) atoms. The zero-order chi connectivity index (χ0) is 25.4. The van der Waals surface area contributed by atoms with E-state index in [1.165, 1.54) is 10.7 Å². The number of nitrogens with zero attached hydrogens (tertiary/aromatic N) is 2. The number of rotatable bonds is 4. The molecule has 180 valence electrons. The zero-order valence-corrected chi connectivity index (χ0v) is 18.2. The molecule has 0 bridgehead atoms. The summed E-state index contributed by atoms with van der Waals surface area (Å²) in [5.74, 6) is -1.48. The number of carbonyl (C=O) groups excluding carboxylic acids is 1. The zero-order valence-electron chi connectivity index (χ0n) is 17.5. The highest BCUT2D eigenvalue weighted by Gasteiger charge is 2.38. The molecular formula is C24H14ClF6N3O. The first kappa shape index (κ1) is 24.3. The van der Waals surface area contributed by atoms with E-state index in [1.54, 1.807) is 54.6 Å². The number of para-hydroxylation sites is 1. The Kier molecular flexibility index (Phi) is 6.33. The van der Waals surface area contributed by atoms with Gasteiger partial charge in [-0.1, -0.05) is 54.1 Å². The Morgan fingerprint density at radius 2 is 1.49 bits per heavy atom. The number of amides is 1. The van der Waals surface area contributed by atoms with Crippen molar-refractivity contribution in [2.45, 2.75) is 12.4 Å². The number of aromatic nitrogens is 2. The van der Waals surface area contributed by atoms with Crippen LogP contribution in [0.4, 0.5) is 32.2 Å². The SMILES string of the molecule is O=C(Nc1cc(-c2ccccc2)nn1-c1ccccc1Cl)c1cc(C(F)(F)F)ccc1C(F)(F)F. The standard InChI is InChI=1S/C24H14ClF6N3O/c25-18-8-4-5-9-20(18)34-21(13-19(33-34)14-6-2-1-3-7-14)32-22(35)16-12-15(23(26,27)28)10-11-17(16)24(29,30)31/h1-13H,(H,32,35). The maximum Gasteiger partial charge on any atom is 0.417 e. The van der Waals surface area contributed by atoms with Gasteiger partial charge < -0.3 is 5.32 Å². The van der Waals surface area contributed by atoms with Gasteiger partial charge in [0.2, 0.25) is 0 Å². The fourth-order valence-corrected chi connectivity index (χ4v) is 3.58. The minimum Gasteiger partial charge on any atom is -0.306 e. The van der Waals surface area contributed by atoms with Gasteiger partial charge in [-0.25, -0.2) is 4.68 Å². The van der Waals surface area contributed by atoms with Crippen molar-refractivity contribution >= 4 is 23.3 Å². The lowest BCUT2D eigenvalue weighted by Crippen LogP contribution is -2.21. The van der Waals surface area contributed by atoms with Crippen molar-refractivity contribution in [1.29, 1.82) is 0 Å². The molecule has 3 aromatic carbocycles.